The van der Waals surface area contributed by atoms with Gasteiger partial charge >= 0.3 is 5.97 Å². The van der Waals surface area contributed by atoms with E-state index in [-0.39, 0.29) is 19.1 Å². The molecule has 0 saturated carbocycles. The standard InChI is InChI=1S/C23H23ClN4O5S/c1-23(2,33-19(29)8-25)12-32-16-5-4-15(7-17(16)31-3)28-11-13-6-18(34-20(13)22(28)30)21-26-9-14(24)10-27-21/h4-7,9-10H,8,11-12,25H2,1-3H3. The topological polar surface area (TPSA) is 117 Å². The second-order valence-electron chi connectivity index (χ2n) is 8.14. The molecule has 4 rings (SSSR count). The highest BCUT2D eigenvalue weighted by Crippen LogP contribution is 2.40. The van der Waals surface area contributed by atoms with Gasteiger partial charge in [-0.1, -0.05) is 11.6 Å². The van der Waals surface area contributed by atoms with Crippen molar-refractivity contribution in [1.29, 1.82) is 0 Å². The number of fused-ring (bicyclic) bond motifs is 1. The predicted molar refractivity (Wildman–Crippen MR) is 129 cm³/mol. The summed E-state index contributed by atoms with van der Waals surface area (Å²) in [5.74, 6) is 0.835. The van der Waals surface area contributed by atoms with Crippen molar-refractivity contribution in [3.05, 3.63) is 52.1 Å². The van der Waals surface area contributed by atoms with Gasteiger partial charge in [0.1, 0.15) is 12.2 Å². The summed E-state index contributed by atoms with van der Waals surface area (Å²) in [5, 5.41) is 0.455. The zero-order valence-electron chi connectivity index (χ0n) is 18.8. The van der Waals surface area contributed by atoms with E-state index in [2.05, 4.69) is 9.97 Å². The van der Waals surface area contributed by atoms with E-state index in [4.69, 9.17) is 31.5 Å². The van der Waals surface area contributed by atoms with Gasteiger partial charge in [0.2, 0.25) is 0 Å². The lowest BCUT2D eigenvalue weighted by atomic mass is 10.1. The Morgan fingerprint density at radius 1 is 1.24 bits per heavy atom. The minimum atomic E-state index is -0.870. The molecule has 11 heteroatoms. The van der Waals surface area contributed by atoms with Crippen LogP contribution in [-0.2, 0) is 16.1 Å². The molecular formula is C23H23ClN4O5S. The zero-order valence-corrected chi connectivity index (χ0v) is 20.4. The van der Waals surface area contributed by atoms with Crippen molar-refractivity contribution in [2.45, 2.75) is 26.0 Å². The highest BCUT2D eigenvalue weighted by Gasteiger charge is 2.32. The van der Waals surface area contributed by atoms with E-state index < -0.39 is 11.6 Å². The van der Waals surface area contributed by atoms with E-state index >= 15 is 0 Å². The number of nitrogens with two attached hydrogens (primary N) is 1. The average molecular weight is 503 g/mol. The maximum Gasteiger partial charge on any atom is 0.320 e. The van der Waals surface area contributed by atoms with E-state index in [1.807, 2.05) is 6.07 Å². The molecule has 0 fully saturated rings. The number of hydrogen-bond donors (Lipinski definition) is 1. The third-order valence-electron chi connectivity index (χ3n) is 5.01. The van der Waals surface area contributed by atoms with Crippen LogP contribution in [0.5, 0.6) is 11.5 Å². The first-order chi connectivity index (χ1) is 16.2. The van der Waals surface area contributed by atoms with Crippen molar-refractivity contribution in [2.24, 2.45) is 5.73 Å². The van der Waals surface area contributed by atoms with E-state index in [0.717, 1.165) is 10.4 Å². The molecule has 0 atom stereocenters. The number of thiophene rings is 1. The number of halogens is 1. The van der Waals surface area contributed by atoms with Gasteiger partial charge in [0.25, 0.3) is 5.91 Å². The molecule has 178 valence electrons. The van der Waals surface area contributed by atoms with Gasteiger partial charge in [0.15, 0.2) is 17.3 Å². The zero-order chi connectivity index (χ0) is 24.5. The van der Waals surface area contributed by atoms with Crippen LogP contribution >= 0.6 is 22.9 Å². The molecule has 3 heterocycles. The van der Waals surface area contributed by atoms with Gasteiger partial charge in [-0.25, -0.2) is 9.97 Å². The molecule has 3 aromatic rings. The lowest BCUT2D eigenvalue weighted by Crippen LogP contribution is -2.37. The Hall–Kier alpha value is -3.21. The molecule has 1 aliphatic heterocycles. The molecule has 1 aliphatic rings. The third-order valence-corrected chi connectivity index (χ3v) is 6.36. The molecule has 2 N–H and O–H groups in total. The molecule has 1 amide bonds. The second-order valence-corrected chi connectivity index (χ2v) is 9.63. The first kappa shape index (κ1) is 23.9. The summed E-state index contributed by atoms with van der Waals surface area (Å²) in [6.07, 6.45) is 3.06. The van der Waals surface area contributed by atoms with Crippen LogP contribution in [0.4, 0.5) is 5.69 Å². The highest BCUT2D eigenvalue weighted by molar-refractivity contribution is 7.17. The number of carbonyl (C=O) groups excluding carboxylic acids is 2. The summed E-state index contributed by atoms with van der Waals surface area (Å²) < 4.78 is 16.6. The monoisotopic (exact) mass is 502 g/mol. The minimum absolute atomic E-state index is 0.101. The van der Waals surface area contributed by atoms with Crippen LogP contribution in [0.3, 0.4) is 0 Å². The van der Waals surface area contributed by atoms with Gasteiger partial charge in [0.05, 0.1) is 35.0 Å². The Morgan fingerprint density at radius 3 is 2.62 bits per heavy atom. The Labute approximate surface area is 205 Å². The quantitative estimate of drug-likeness (QED) is 0.463. The maximum absolute atomic E-state index is 13.1. The maximum atomic E-state index is 13.1. The third kappa shape index (κ3) is 4.98. The van der Waals surface area contributed by atoms with Crippen LogP contribution in [-0.4, -0.2) is 47.7 Å². The number of aromatic nitrogens is 2. The number of hydrogen-bond acceptors (Lipinski definition) is 9. The summed E-state index contributed by atoms with van der Waals surface area (Å²) in [6.45, 7) is 3.77. The number of amides is 1. The Bertz CT molecular complexity index is 1230. The Kier molecular flexibility index (Phi) is 6.74. The van der Waals surface area contributed by atoms with E-state index in [9.17, 15) is 9.59 Å². The summed E-state index contributed by atoms with van der Waals surface area (Å²) in [6, 6.07) is 7.18. The summed E-state index contributed by atoms with van der Waals surface area (Å²) in [4.78, 5) is 36.2. The van der Waals surface area contributed by atoms with Crippen molar-refractivity contribution < 1.29 is 23.8 Å². The van der Waals surface area contributed by atoms with Crippen LogP contribution in [0, 0.1) is 0 Å². The molecular weight excluding hydrogens is 480 g/mol. The van der Waals surface area contributed by atoms with Crippen LogP contribution in [0.15, 0.2) is 36.7 Å². The van der Waals surface area contributed by atoms with E-state index in [0.29, 0.717) is 39.5 Å². The fourth-order valence-corrected chi connectivity index (χ4v) is 4.59. The molecule has 2 aromatic heterocycles. The Morgan fingerprint density at radius 2 is 1.97 bits per heavy atom. The van der Waals surface area contributed by atoms with Gasteiger partial charge in [-0.2, -0.15) is 0 Å². The lowest BCUT2D eigenvalue weighted by Gasteiger charge is -2.25. The number of benzene rings is 1. The van der Waals surface area contributed by atoms with Crippen LogP contribution in [0.2, 0.25) is 5.02 Å². The summed E-state index contributed by atoms with van der Waals surface area (Å²) in [7, 11) is 1.52. The minimum Gasteiger partial charge on any atom is -0.493 e. The molecule has 1 aromatic carbocycles. The first-order valence-corrected chi connectivity index (χ1v) is 11.6. The van der Waals surface area contributed by atoms with Gasteiger partial charge < -0.3 is 24.8 Å². The number of ether oxygens (including phenoxy) is 3. The van der Waals surface area contributed by atoms with Gasteiger partial charge in [-0.05, 0) is 37.6 Å². The average Bonchev–Trinajstić information content (AvgIpc) is 3.37. The van der Waals surface area contributed by atoms with E-state index in [1.165, 1.54) is 30.8 Å². The second kappa shape index (κ2) is 9.57. The van der Waals surface area contributed by atoms with Gasteiger partial charge in [0, 0.05) is 24.1 Å². The van der Waals surface area contributed by atoms with Crippen molar-refractivity contribution in [1.82, 2.24) is 9.97 Å². The molecule has 34 heavy (non-hydrogen) atoms. The first-order valence-electron chi connectivity index (χ1n) is 10.4. The molecule has 0 aliphatic carbocycles. The molecule has 0 unspecified atom stereocenters. The number of methoxy groups -OCH3 is 1. The molecule has 0 saturated heterocycles. The van der Waals surface area contributed by atoms with Crippen LogP contribution in [0.1, 0.15) is 29.1 Å². The number of nitrogens with zero attached hydrogens (tertiary/aromatic N) is 3. The number of carbonyl (C=O) groups is 2. The van der Waals surface area contributed by atoms with E-state index in [1.54, 1.807) is 36.9 Å². The molecule has 0 bridgehead atoms. The summed E-state index contributed by atoms with van der Waals surface area (Å²) in [5.41, 5.74) is 6.02. The number of anilines is 1. The van der Waals surface area contributed by atoms with Crippen molar-refractivity contribution in [2.75, 3.05) is 25.2 Å². The predicted octanol–water partition coefficient (Wildman–Crippen LogP) is 3.69. The number of rotatable bonds is 8. The molecule has 0 radical (unpaired) electrons. The largest absolute Gasteiger partial charge is 0.493 e. The lowest BCUT2D eigenvalue weighted by molar-refractivity contribution is -0.157. The van der Waals surface area contributed by atoms with Crippen molar-refractivity contribution >= 4 is 40.5 Å². The smallest absolute Gasteiger partial charge is 0.320 e. The van der Waals surface area contributed by atoms with Crippen LogP contribution in [0.25, 0.3) is 10.7 Å². The fraction of sp³-hybridized carbons (Fsp3) is 0.304. The van der Waals surface area contributed by atoms with Crippen molar-refractivity contribution in [3.63, 3.8) is 0 Å². The fourth-order valence-electron chi connectivity index (χ4n) is 3.42. The normalized spacial score (nSPS) is 13.1. The Balaban J connectivity index is 1.48. The van der Waals surface area contributed by atoms with Crippen molar-refractivity contribution in [3.8, 4) is 22.2 Å². The number of esters is 1. The van der Waals surface area contributed by atoms with Crippen LogP contribution < -0.4 is 20.1 Å². The molecule has 0 spiro atoms. The highest BCUT2D eigenvalue weighted by atomic mass is 35.5. The van der Waals surface area contributed by atoms with Gasteiger partial charge in [-0.3, -0.25) is 9.59 Å². The molecule has 9 nitrogen and oxygen atoms in total. The SMILES string of the molecule is COc1cc(N2Cc3cc(-c4ncc(Cl)cn4)sc3C2=O)ccc1OCC(C)(C)OC(=O)CN. The van der Waals surface area contributed by atoms with Gasteiger partial charge in [-0.15, -0.1) is 11.3 Å². The summed E-state index contributed by atoms with van der Waals surface area (Å²) >= 11 is 7.21.